The van der Waals surface area contributed by atoms with E-state index in [1.54, 1.807) is 0 Å². The fraction of sp³-hybridized carbons (Fsp3) is 1.00. The van der Waals surface area contributed by atoms with E-state index in [9.17, 15) is 163 Å². The lowest BCUT2D eigenvalue weighted by molar-refractivity contribution is -0.462. The van der Waals surface area contributed by atoms with E-state index in [4.69, 9.17) is 0 Å². The maximum Gasteiger partial charge on any atom is 0.489 e. The summed E-state index contributed by atoms with van der Waals surface area (Å²) in [5, 5.41) is 0. The number of halogens is 36. The van der Waals surface area contributed by atoms with Crippen LogP contribution in [0.2, 0.25) is 0 Å². The van der Waals surface area contributed by atoms with Crippen molar-refractivity contribution in [2.75, 3.05) is 0 Å². The standard InChI is InChI=1S/C21H9F36O4P/c1-4(22,23)7(28,29)10(34,35)13(40,41)16(46,47)19(52,53)59-62(58,60-20(54,55)17(48,49)14(42,43)11(36,37)8(30,31)5(2,24)25)61-21(56,57)18(50,51)15(44,45)12(38,39)9(32,33)6(3,26)27/h1-3H3. The summed E-state index contributed by atoms with van der Waals surface area (Å²) in [6.07, 6.45) is -28.2. The van der Waals surface area contributed by atoms with Crippen LogP contribution in [-0.4, -0.2) is 107 Å². The molecule has 0 N–H and O–H groups in total. The molecule has 0 saturated heterocycles. The first-order valence-corrected chi connectivity index (χ1v) is 14.9. The van der Waals surface area contributed by atoms with E-state index in [0.717, 1.165) is 13.6 Å². The maximum atomic E-state index is 14.3. The highest BCUT2D eigenvalue weighted by Crippen LogP contribution is 2.71. The number of rotatable bonds is 21. The predicted octanol–water partition coefficient (Wildman–Crippen LogP) is 13.5. The van der Waals surface area contributed by atoms with Crippen molar-refractivity contribution >= 4 is 7.82 Å². The smallest absolute Gasteiger partial charge is 0.227 e. The van der Waals surface area contributed by atoms with Gasteiger partial charge in [-0.3, -0.25) is 0 Å². The van der Waals surface area contributed by atoms with Gasteiger partial charge in [-0.2, -0.15) is 158 Å². The third kappa shape index (κ3) is 8.13. The lowest BCUT2D eigenvalue weighted by atomic mass is 9.94. The van der Waals surface area contributed by atoms with Gasteiger partial charge in [0.1, 0.15) is 0 Å². The van der Waals surface area contributed by atoms with Gasteiger partial charge in [0.2, 0.25) is 0 Å². The minimum atomic E-state index is -10.9. The van der Waals surface area contributed by atoms with Gasteiger partial charge in [-0.1, -0.05) is 0 Å². The van der Waals surface area contributed by atoms with Gasteiger partial charge in [-0.05, 0) is 0 Å². The van der Waals surface area contributed by atoms with E-state index in [1.807, 2.05) is 0 Å². The summed E-state index contributed by atoms with van der Waals surface area (Å²) in [6.45, 7) is -5.09. The van der Waals surface area contributed by atoms with Crippen molar-refractivity contribution in [2.45, 2.75) is 128 Å². The minimum Gasteiger partial charge on any atom is -0.227 e. The van der Waals surface area contributed by atoms with Crippen molar-refractivity contribution in [3.63, 3.8) is 0 Å². The van der Waals surface area contributed by atoms with Crippen molar-refractivity contribution in [1.29, 1.82) is 0 Å². The molecule has 0 heterocycles. The average molecular weight is 1040 g/mol. The first-order chi connectivity index (χ1) is 25.9. The average Bonchev–Trinajstić information content (AvgIpc) is 2.96. The van der Waals surface area contributed by atoms with Crippen molar-refractivity contribution in [3.8, 4) is 0 Å². The molecule has 0 aliphatic heterocycles. The molecule has 0 aromatic carbocycles. The molecule has 41 heteroatoms. The Bertz CT molecular complexity index is 1470. The predicted molar refractivity (Wildman–Crippen MR) is 117 cm³/mol. The van der Waals surface area contributed by atoms with Crippen molar-refractivity contribution in [1.82, 2.24) is 0 Å². The third-order valence-corrected chi connectivity index (χ3v) is 8.34. The Balaban J connectivity index is 8.42. The lowest BCUT2D eigenvalue weighted by Crippen LogP contribution is -2.71. The van der Waals surface area contributed by atoms with Crippen LogP contribution in [0.5, 0.6) is 0 Å². The van der Waals surface area contributed by atoms with Gasteiger partial charge in [0.15, 0.2) is 0 Å². The monoisotopic (exact) mass is 1040 g/mol. The minimum absolute atomic E-state index is 1.03. The molecular weight excluding hydrogens is 1030 g/mol. The van der Waals surface area contributed by atoms with E-state index in [-0.39, 0.29) is 0 Å². The van der Waals surface area contributed by atoms with Crippen molar-refractivity contribution in [3.05, 3.63) is 0 Å². The van der Waals surface area contributed by atoms with Crippen LogP contribution in [0.3, 0.4) is 0 Å². The summed E-state index contributed by atoms with van der Waals surface area (Å²) in [4.78, 5) is 0. The molecule has 0 unspecified atom stereocenters. The molecule has 4 nitrogen and oxygen atoms in total. The molecule has 0 aromatic rings. The van der Waals surface area contributed by atoms with E-state index in [1.165, 1.54) is 0 Å². The SMILES string of the molecule is CC(F)(F)C(F)(F)C(F)(F)C(F)(F)C(F)(F)C(F)(F)OP(=O)(OC(F)(F)C(F)(F)C(F)(F)C(F)(F)C(F)(F)C(C)(F)F)OC(F)(F)C(F)(F)C(F)(F)C(F)(F)C(F)(F)C(C)(F)F. The van der Waals surface area contributed by atoms with Gasteiger partial charge in [-0.15, -0.1) is 0 Å². The number of hydrogen-bond donors (Lipinski definition) is 0. The molecular formula is C21H9F36O4P. The van der Waals surface area contributed by atoms with Crippen LogP contribution < -0.4 is 0 Å². The highest BCUT2D eigenvalue weighted by atomic mass is 31.2. The van der Waals surface area contributed by atoms with Gasteiger partial charge in [-0.25, -0.2) is 18.1 Å². The quantitative estimate of drug-likeness (QED) is 0.0849. The van der Waals surface area contributed by atoms with Gasteiger partial charge < -0.3 is 0 Å². The summed E-state index contributed by atoms with van der Waals surface area (Å²) in [5.41, 5.74) is 0. The fourth-order valence-electron chi connectivity index (χ4n) is 3.21. The second-order valence-corrected chi connectivity index (χ2v) is 13.3. The number of phosphoric ester groups is 1. The zero-order valence-corrected chi connectivity index (χ0v) is 28.6. The molecule has 0 aliphatic carbocycles. The molecule has 0 bridgehead atoms. The van der Waals surface area contributed by atoms with Crippen LogP contribution in [-0.2, 0) is 18.1 Å². The van der Waals surface area contributed by atoms with Crippen LogP contribution in [0, 0.1) is 0 Å². The number of hydrogen-bond acceptors (Lipinski definition) is 4. The molecule has 0 radical (unpaired) electrons. The Labute approximate surface area is 313 Å². The highest BCUT2D eigenvalue weighted by Gasteiger charge is 2.94. The van der Waals surface area contributed by atoms with E-state index in [0.29, 0.717) is 0 Å². The van der Waals surface area contributed by atoms with Gasteiger partial charge >= 0.3 is 115 Å². The van der Waals surface area contributed by atoms with Crippen LogP contribution >= 0.6 is 7.82 Å². The molecule has 0 fully saturated rings. The highest BCUT2D eigenvalue weighted by molar-refractivity contribution is 7.48. The molecule has 62 heavy (non-hydrogen) atoms. The molecule has 0 atom stereocenters. The molecule has 0 aliphatic rings. The summed E-state index contributed by atoms with van der Waals surface area (Å²) in [6, 6.07) is 0. The Kier molecular flexibility index (Phi) is 14.2. The van der Waals surface area contributed by atoms with Crippen LogP contribution in [0.1, 0.15) is 20.8 Å². The summed E-state index contributed by atoms with van der Waals surface area (Å²) in [7, 11) is -10.9. The Morgan fingerprint density at radius 2 is 0.339 bits per heavy atom. The zero-order valence-electron chi connectivity index (χ0n) is 27.7. The topological polar surface area (TPSA) is 44.8 Å². The molecule has 0 saturated carbocycles. The molecule has 0 spiro atoms. The molecule has 0 aromatic heterocycles. The Hall–Kier alpha value is -2.41. The first-order valence-electron chi connectivity index (χ1n) is 13.4. The van der Waals surface area contributed by atoms with E-state index < -0.39 is 136 Å². The second-order valence-electron chi connectivity index (χ2n) is 11.8. The summed E-state index contributed by atoms with van der Waals surface area (Å²) >= 11 is 0. The first kappa shape index (κ1) is 59.6. The molecule has 374 valence electrons. The molecule has 0 rings (SSSR count). The van der Waals surface area contributed by atoms with Crippen LogP contribution in [0.4, 0.5) is 158 Å². The fourth-order valence-corrected chi connectivity index (χ4v) is 4.51. The van der Waals surface area contributed by atoms with Crippen LogP contribution in [0.15, 0.2) is 0 Å². The zero-order chi connectivity index (χ0) is 51.6. The third-order valence-electron chi connectivity index (χ3n) is 6.98. The van der Waals surface area contributed by atoms with Crippen molar-refractivity contribution in [2.24, 2.45) is 0 Å². The van der Waals surface area contributed by atoms with Crippen molar-refractivity contribution < 1.29 is 176 Å². The summed E-state index contributed by atoms with van der Waals surface area (Å²) < 4.78 is 508. The number of phosphoric acid groups is 1. The molecule has 0 amide bonds. The lowest BCUT2D eigenvalue weighted by Gasteiger charge is -2.43. The van der Waals surface area contributed by atoms with E-state index in [2.05, 4.69) is 0 Å². The second kappa shape index (κ2) is 14.8. The number of alkyl halides is 36. The normalized spacial score (nSPS) is 17.2. The maximum absolute atomic E-state index is 14.3. The largest absolute Gasteiger partial charge is 0.489 e. The van der Waals surface area contributed by atoms with Gasteiger partial charge in [0.05, 0.1) is 0 Å². The summed E-state index contributed by atoms with van der Waals surface area (Å²) in [5.74, 6) is -130. The Morgan fingerprint density at radius 1 is 0.226 bits per heavy atom. The van der Waals surface area contributed by atoms with E-state index >= 15 is 0 Å². The van der Waals surface area contributed by atoms with Gasteiger partial charge in [0, 0.05) is 20.8 Å². The van der Waals surface area contributed by atoms with Crippen LogP contribution in [0.25, 0.3) is 0 Å². The van der Waals surface area contributed by atoms with Gasteiger partial charge in [0.25, 0.3) is 0 Å². The Morgan fingerprint density at radius 3 is 0.452 bits per heavy atom.